The summed E-state index contributed by atoms with van der Waals surface area (Å²) in [6, 6.07) is 2.01. The zero-order valence-corrected chi connectivity index (χ0v) is 8.12. The van der Waals surface area contributed by atoms with Crippen LogP contribution in [0.4, 0.5) is 0 Å². The summed E-state index contributed by atoms with van der Waals surface area (Å²) in [5.41, 5.74) is 2.50. The summed E-state index contributed by atoms with van der Waals surface area (Å²) in [7, 11) is 2.01. The first-order valence-electron chi connectivity index (χ1n) is 4.25. The van der Waals surface area contributed by atoms with Crippen molar-refractivity contribution in [3.05, 3.63) is 29.6 Å². The lowest BCUT2D eigenvalue weighted by Crippen LogP contribution is -2.18. The highest BCUT2D eigenvalue weighted by molar-refractivity contribution is 5.21. The number of rotatable bonds is 3. The van der Waals surface area contributed by atoms with Crippen LogP contribution in [0, 0.1) is 19.3 Å². The van der Waals surface area contributed by atoms with Crippen LogP contribution in [0.2, 0.25) is 0 Å². The minimum Gasteiger partial charge on any atom is -0.291 e. The molecule has 0 N–H and O–H groups in total. The van der Waals surface area contributed by atoms with Gasteiger partial charge in [0.2, 0.25) is 0 Å². The van der Waals surface area contributed by atoms with E-state index in [1.165, 1.54) is 11.1 Å². The van der Waals surface area contributed by atoms with Crippen LogP contribution < -0.4 is 0 Å². The van der Waals surface area contributed by atoms with Gasteiger partial charge in [-0.05, 0) is 31.2 Å². The van der Waals surface area contributed by atoms with Gasteiger partial charge in [-0.15, -0.1) is 6.42 Å². The largest absolute Gasteiger partial charge is 0.291 e. The number of nitrogens with zero attached hydrogens (tertiary/aromatic N) is 2. The van der Waals surface area contributed by atoms with Gasteiger partial charge in [-0.25, -0.2) is 0 Å². The number of hydrogen-bond acceptors (Lipinski definition) is 2. The smallest absolute Gasteiger partial charge is 0.0599 e. The second-order valence-corrected chi connectivity index (χ2v) is 3.18. The normalized spacial score (nSPS) is 10.0. The first-order chi connectivity index (χ1) is 6.24. The minimum absolute atomic E-state index is 0.675. The maximum absolute atomic E-state index is 5.21. The second kappa shape index (κ2) is 4.64. The summed E-state index contributed by atoms with van der Waals surface area (Å²) in [4.78, 5) is 6.17. The Morgan fingerprint density at radius 2 is 2.38 bits per heavy atom. The molecule has 0 unspecified atom stereocenters. The second-order valence-electron chi connectivity index (χ2n) is 3.18. The van der Waals surface area contributed by atoms with Crippen molar-refractivity contribution in [2.75, 3.05) is 13.6 Å². The third kappa shape index (κ3) is 2.89. The van der Waals surface area contributed by atoms with Gasteiger partial charge in [0.15, 0.2) is 0 Å². The van der Waals surface area contributed by atoms with E-state index in [1.807, 2.05) is 19.3 Å². The maximum Gasteiger partial charge on any atom is 0.0599 e. The van der Waals surface area contributed by atoms with Gasteiger partial charge < -0.3 is 0 Å². The molecule has 1 aromatic heterocycles. The van der Waals surface area contributed by atoms with Gasteiger partial charge in [0.05, 0.1) is 6.54 Å². The molecule has 13 heavy (non-hydrogen) atoms. The Labute approximate surface area is 79.6 Å². The molecule has 0 aromatic carbocycles. The Morgan fingerprint density at radius 3 is 3.00 bits per heavy atom. The lowest BCUT2D eigenvalue weighted by molar-refractivity contribution is 0.368. The lowest BCUT2D eigenvalue weighted by atomic mass is 10.1. The van der Waals surface area contributed by atoms with E-state index in [0.29, 0.717) is 6.54 Å². The van der Waals surface area contributed by atoms with Crippen LogP contribution in [0.15, 0.2) is 18.5 Å². The highest BCUT2D eigenvalue weighted by atomic mass is 15.1. The molecule has 0 spiro atoms. The SMILES string of the molecule is C#CCN(C)Cc1cnccc1C. The Morgan fingerprint density at radius 1 is 1.62 bits per heavy atom. The fourth-order valence-corrected chi connectivity index (χ4v) is 1.16. The third-order valence-corrected chi connectivity index (χ3v) is 1.95. The molecule has 2 heteroatoms. The molecule has 0 saturated heterocycles. The maximum atomic E-state index is 5.21. The average molecular weight is 174 g/mol. The van der Waals surface area contributed by atoms with Crippen LogP contribution in [0.5, 0.6) is 0 Å². The van der Waals surface area contributed by atoms with Crippen molar-refractivity contribution in [2.45, 2.75) is 13.5 Å². The molecule has 0 radical (unpaired) electrons. The third-order valence-electron chi connectivity index (χ3n) is 1.95. The molecule has 0 aliphatic carbocycles. The molecule has 2 nitrogen and oxygen atoms in total. The molecule has 0 bridgehead atoms. The van der Waals surface area contributed by atoms with Crippen LogP contribution in [-0.2, 0) is 6.54 Å². The number of aryl methyl sites for hydroxylation is 1. The van der Waals surface area contributed by atoms with Crippen molar-refractivity contribution in [3.8, 4) is 12.3 Å². The topological polar surface area (TPSA) is 16.1 Å². The van der Waals surface area contributed by atoms with Gasteiger partial charge in [-0.3, -0.25) is 9.88 Å². The fourth-order valence-electron chi connectivity index (χ4n) is 1.16. The monoisotopic (exact) mass is 174 g/mol. The first kappa shape index (κ1) is 9.76. The van der Waals surface area contributed by atoms with E-state index in [2.05, 4.69) is 22.7 Å². The Bertz CT molecular complexity index is 312. The summed E-state index contributed by atoms with van der Waals surface area (Å²) >= 11 is 0. The molecular weight excluding hydrogens is 160 g/mol. The Balaban J connectivity index is 2.64. The number of pyridine rings is 1. The van der Waals surface area contributed by atoms with Crippen molar-refractivity contribution in [2.24, 2.45) is 0 Å². The summed E-state index contributed by atoms with van der Waals surface area (Å²) in [6.45, 7) is 3.62. The van der Waals surface area contributed by atoms with Crippen LogP contribution >= 0.6 is 0 Å². The summed E-state index contributed by atoms with van der Waals surface area (Å²) in [6.07, 6.45) is 8.91. The number of aromatic nitrogens is 1. The van der Waals surface area contributed by atoms with Gasteiger partial charge in [0.25, 0.3) is 0 Å². The Kier molecular flexibility index (Phi) is 3.48. The summed E-state index contributed by atoms with van der Waals surface area (Å²) in [5, 5.41) is 0. The van der Waals surface area contributed by atoms with Crippen molar-refractivity contribution >= 4 is 0 Å². The zero-order valence-electron chi connectivity index (χ0n) is 8.12. The van der Waals surface area contributed by atoms with E-state index in [1.54, 1.807) is 6.20 Å². The molecule has 0 fully saturated rings. The van der Waals surface area contributed by atoms with Gasteiger partial charge in [0.1, 0.15) is 0 Å². The molecule has 1 heterocycles. The van der Waals surface area contributed by atoms with Gasteiger partial charge in [0, 0.05) is 18.9 Å². The van der Waals surface area contributed by atoms with Crippen LogP contribution in [0.1, 0.15) is 11.1 Å². The lowest BCUT2D eigenvalue weighted by Gasteiger charge is -2.14. The highest BCUT2D eigenvalue weighted by Crippen LogP contribution is 2.06. The van der Waals surface area contributed by atoms with Crippen LogP contribution in [0.3, 0.4) is 0 Å². The number of hydrogen-bond donors (Lipinski definition) is 0. The van der Waals surface area contributed by atoms with Crippen molar-refractivity contribution in [1.82, 2.24) is 9.88 Å². The molecular formula is C11H14N2. The van der Waals surface area contributed by atoms with Crippen molar-refractivity contribution in [1.29, 1.82) is 0 Å². The molecule has 0 amide bonds. The van der Waals surface area contributed by atoms with Crippen molar-refractivity contribution in [3.63, 3.8) is 0 Å². The van der Waals surface area contributed by atoms with Crippen LogP contribution in [0.25, 0.3) is 0 Å². The zero-order chi connectivity index (χ0) is 9.68. The van der Waals surface area contributed by atoms with E-state index >= 15 is 0 Å². The molecule has 0 aliphatic heterocycles. The molecule has 0 atom stereocenters. The molecule has 1 rings (SSSR count). The van der Waals surface area contributed by atoms with E-state index in [-0.39, 0.29) is 0 Å². The van der Waals surface area contributed by atoms with E-state index in [9.17, 15) is 0 Å². The summed E-state index contributed by atoms with van der Waals surface area (Å²) in [5.74, 6) is 2.61. The summed E-state index contributed by atoms with van der Waals surface area (Å²) < 4.78 is 0. The predicted octanol–water partition coefficient (Wildman–Crippen LogP) is 1.46. The van der Waals surface area contributed by atoms with Gasteiger partial charge in [-0.1, -0.05) is 5.92 Å². The minimum atomic E-state index is 0.675. The van der Waals surface area contributed by atoms with E-state index < -0.39 is 0 Å². The fraction of sp³-hybridized carbons (Fsp3) is 0.364. The first-order valence-corrected chi connectivity index (χ1v) is 4.25. The predicted molar refractivity (Wildman–Crippen MR) is 54.1 cm³/mol. The number of terminal acetylenes is 1. The molecule has 0 saturated carbocycles. The Hall–Kier alpha value is -1.33. The van der Waals surface area contributed by atoms with Crippen LogP contribution in [-0.4, -0.2) is 23.5 Å². The van der Waals surface area contributed by atoms with Gasteiger partial charge in [-0.2, -0.15) is 0 Å². The average Bonchev–Trinajstić information content (AvgIpc) is 2.09. The molecule has 0 aliphatic rings. The van der Waals surface area contributed by atoms with Gasteiger partial charge >= 0.3 is 0 Å². The molecule has 68 valence electrons. The molecule has 1 aromatic rings. The van der Waals surface area contributed by atoms with Crippen molar-refractivity contribution < 1.29 is 0 Å². The van der Waals surface area contributed by atoms with E-state index in [4.69, 9.17) is 6.42 Å². The highest BCUT2D eigenvalue weighted by Gasteiger charge is 2.00. The standard InChI is InChI=1S/C11H14N2/c1-4-7-13(3)9-11-8-12-6-5-10(11)2/h1,5-6,8H,7,9H2,2-3H3. The van der Waals surface area contributed by atoms with E-state index in [0.717, 1.165) is 6.54 Å². The quantitative estimate of drug-likeness (QED) is 0.645.